The van der Waals surface area contributed by atoms with Gasteiger partial charge < -0.3 is 9.72 Å². The van der Waals surface area contributed by atoms with Crippen molar-refractivity contribution in [2.45, 2.75) is 26.0 Å². The predicted octanol–water partition coefficient (Wildman–Crippen LogP) is 2.18. The van der Waals surface area contributed by atoms with E-state index in [-0.39, 0.29) is 5.56 Å². The van der Waals surface area contributed by atoms with E-state index >= 15 is 0 Å². The average Bonchev–Trinajstić information content (AvgIpc) is 3.01. The quantitative estimate of drug-likeness (QED) is 0.919. The van der Waals surface area contributed by atoms with E-state index in [4.69, 9.17) is 4.74 Å². The molecule has 1 N–H and O–H groups in total. The van der Waals surface area contributed by atoms with Gasteiger partial charge in [0.1, 0.15) is 5.82 Å². The van der Waals surface area contributed by atoms with Crippen molar-refractivity contribution in [1.29, 1.82) is 0 Å². The van der Waals surface area contributed by atoms with E-state index in [9.17, 15) is 4.79 Å². The lowest BCUT2D eigenvalue weighted by Gasteiger charge is -2.14. The number of nitrogens with one attached hydrogen (secondary N) is 1. The number of aromatic amines is 1. The number of aromatic nitrogens is 2. The van der Waals surface area contributed by atoms with Crippen LogP contribution < -0.4 is 5.56 Å². The summed E-state index contributed by atoms with van der Waals surface area (Å²) >= 11 is 0. The van der Waals surface area contributed by atoms with Gasteiger partial charge >= 0.3 is 0 Å². The molecule has 0 atom stereocenters. The second-order valence-electron chi connectivity index (χ2n) is 5.70. The molecule has 0 spiro atoms. The number of methoxy groups -OCH3 is 1. The number of nitrogens with zero attached hydrogens (tertiary/aromatic N) is 2. The first-order valence-electron chi connectivity index (χ1n) is 7.65. The summed E-state index contributed by atoms with van der Waals surface area (Å²) in [5.41, 5.74) is 2.70. The van der Waals surface area contributed by atoms with Gasteiger partial charge in [-0.05, 0) is 31.5 Å². The molecule has 0 bridgehead atoms. The highest BCUT2D eigenvalue weighted by atomic mass is 16.5. The molecule has 3 rings (SSSR count). The highest BCUT2D eigenvalue weighted by Crippen LogP contribution is 2.17. The maximum absolute atomic E-state index is 11.7. The summed E-state index contributed by atoms with van der Waals surface area (Å²) in [5.74, 6) is 0.590. The van der Waals surface area contributed by atoms with E-state index < -0.39 is 0 Å². The van der Waals surface area contributed by atoms with Crippen molar-refractivity contribution >= 4 is 0 Å². The van der Waals surface area contributed by atoms with Crippen molar-refractivity contribution < 1.29 is 4.74 Å². The van der Waals surface area contributed by atoms with Crippen molar-refractivity contribution in [1.82, 2.24) is 14.9 Å². The molecule has 1 aromatic carbocycles. The molecule has 0 amide bonds. The molecule has 2 heterocycles. The highest BCUT2D eigenvalue weighted by Gasteiger charge is 2.11. The maximum Gasteiger partial charge on any atom is 0.251 e. The molecule has 0 unspecified atom stereocenters. The summed E-state index contributed by atoms with van der Waals surface area (Å²) in [6.45, 7) is 3.71. The first-order valence-corrected chi connectivity index (χ1v) is 7.65. The summed E-state index contributed by atoms with van der Waals surface area (Å²) in [6, 6.07) is 9.71. The smallest absolute Gasteiger partial charge is 0.251 e. The Morgan fingerprint density at radius 1 is 1.23 bits per heavy atom. The average molecular weight is 299 g/mol. The minimum atomic E-state index is -0.154. The van der Waals surface area contributed by atoms with Crippen LogP contribution in [0.3, 0.4) is 0 Å². The number of ether oxygens (including phenoxy) is 1. The third-order valence-corrected chi connectivity index (χ3v) is 3.92. The number of H-pyrrole nitrogens is 1. The first-order chi connectivity index (χ1) is 10.7. The van der Waals surface area contributed by atoms with Crippen LogP contribution in [0.2, 0.25) is 0 Å². The van der Waals surface area contributed by atoms with E-state index in [1.165, 1.54) is 37.6 Å². The summed E-state index contributed by atoms with van der Waals surface area (Å²) in [5, 5.41) is 0. The van der Waals surface area contributed by atoms with Crippen LogP contribution >= 0.6 is 0 Å². The zero-order chi connectivity index (χ0) is 15.4. The zero-order valence-corrected chi connectivity index (χ0v) is 12.8. The van der Waals surface area contributed by atoms with Gasteiger partial charge in [-0.2, -0.15) is 0 Å². The number of hydrogen-bond acceptors (Lipinski definition) is 4. The van der Waals surface area contributed by atoms with Crippen LogP contribution in [0.4, 0.5) is 0 Å². The molecule has 1 aliphatic heterocycles. The summed E-state index contributed by atoms with van der Waals surface area (Å²) in [6.07, 6.45) is 2.60. The molecule has 0 radical (unpaired) electrons. The second-order valence-corrected chi connectivity index (χ2v) is 5.70. The lowest BCUT2D eigenvalue weighted by molar-refractivity contribution is 0.181. The van der Waals surface area contributed by atoms with E-state index in [1.54, 1.807) is 7.11 Å². The fourth-order valence-corrected chi connectivity index (χ4v) is 2.83. The lowest BCUT2D eigenvalue weighted by atomic mass is 10.1. The molecule has 1 aliphatic rings. The molecule has 5 heteroatoms. The molecular formula is C17H21N3O2. The normalized spacial score (nSPS) is 15.3. The van der Waals surface area contributed by atoms with Gasteiger partial charge in [-0.3, -0.25) is 9.69 Å². The van der Waals surface area contributed by atoms with E-state index in [0.717, 1.165) is 12.1 Å². The SMILES string of the molecule is COCc1cc(=O)[nH]c(-c2ccc(CN3CCCC3)cc2)n1. The Hall–Kier alpha value is -1.98. The fraction of sp³-hybridized carbons (Fsp3) is 0.412. The van der Waals surface area contributed by atoms with Crippen LogP contribution in [0.15, 0.2) is 35.1 Å². The van der Waals surface area contributed by atoms with Gasteiger partial charge in [-0.25, -0.2) is 4.98 Å². The Kier molecular flexibility index (Phi) is 4.65. The van der Waals surface area contributed by atoms with Crippen LogP contribution in [-0.2, 0) is 17.9 Å². The van der Waals surface area contributed by atoms with Gasteiger partial charge in [0, 0.05) is 25.3 Å². The summed E-state index contributed by atoms with van der Waals surface area (Å²) in [7, 11) is 1.59. The third kappa shape index (κ3) is 3.61. The first kappa shape index (κ1) is 14.9. The van der Waals surface area contributed by atoms with Crippen LogP contribution in [0.1, 0.15) is 24.1 Å². The van der Waals surface area contributed by atoms with Crippen molar-refractivity contribution in [3.05, 3.63) is 51.9 Å². The van der Waals surface area contributed by atoms with Gasteiger partial charge in [-0.15, -0.1) is 0 Å². The standard InChI is InChI=1S/C17H21N3O2/c1-22-12-15-10-16(21)19-17(18-15)14-6-4-13(5-7-14)11-20-8-2-3-9-20/h4-7,10H,2-3,8-9,11-12H2,1H3,(H,18,19,21). The Morgan fingerprint density at radius 2 is 1.95 bits per heavy atom. The van der Waals surface area contributed by atoms with Crippen molar-refractivity contribution in [3.8, 4) is 11.4 Å². The molecule has 0 saturated carbocycles. The number of hydrogen-bond donors (Lipinski definition) is 1. The minimum absolute atomic E-state index is 0.154. The molecule has 0 aliphatic carbocycles. The Labute approximate surface area is 130 Å². The summed E-state index contributed by atoms with van der Waals surface area (Å²) in [4.78, 5) is 21.4. The van der Waals surface area contributed by atoms with Gasteiger partial charge in [0.15, 0.2) is 0 Å². The highest BCUT2D eigenvalue weighted by molar-refractivity contribution is 5.55. The van der Waals surface area contributed by atoms with Crippen LogP contribution in [0, 0.1) is 0 Å². The summed E-state index contributed by atoms with van der Waals surface area (Å²) < 4.78 is 5.05. The van der Waals surface area contributed by atoms with Gasteiger partial charge in [0.25, 0.3) is 5.56 Å². The molecule has 5 nitrogen and oxygen atoms in total. The largest absolute Gasteiger partial charge is 0.378 e. The third-order valence-electron chi connectivity index (χ3n) is 3.92. The van der Waals surface area contributed by atoms with Gasteiger partial charge in [0.05, 0.1) is 12.3 Å². The predicted molar refractivity (Wildman–Crippen MR) is 85.5 cm³/mol. The van der Waals surface area contributed by atoms with Crippen molar-refractivity contribution in [2.75, 3.05) is 20.2 Å². The Balaban J connectivity index is 1.78. The molecule has 116 valence electrons. The van der Waals surface area contributed by atoms with Gasteiger partial charge in [0.2, 0.25) is 0 Å². The van der Waals surface area contributed by atoms with Crippen LogP contribution in [0.5, 0.6) is 0 Å². The molecule has 1 fully saturated rings. The van der Waals surface area contributed by atoms with Crippen molar-refractivity contribution in [3.63, 3.8) is 0 Å². The van der Waals surface area contributed by atoms with E-state index in [1.807, 2.05) is 12.1 Å². The number of likely N-dealkylation sites (tertiary alicyclic amines) is 1. The Bertz CT molecular complexity index is 673. The molecule has 2 aromatic rings. The Morgan fingerprint density at radius 3 is 2.64 bits per heavy atom. The topological polar surface area (TPSA) is 58.2 Å². The van der Waals surface area contributed by atoms with Gasteiger partial charge in [-0.1, -0.05) is 24.3 Å². The van der Waals surface area contributed by atoms with E-state index in [2.05, 4.69) is 27.0 Å². The number of benzene rings is 1. The van der Waals surface area contributed by atoms with Crippen LogP contribution in [-0.4, -0.2) is 35.1 Å². The maximum atomic E-state index is 11.7. The molecule has 22 heavy (non-hydrogen) atoms. The zero-order valence-electron chi connectivity index (χ0n) is 12.8. The molecular weight excluding hydrogens is 278 g/mol. The molecule has 1 aromatic heterocycles. The second kappa shape index (κ2) is 6.85. The number of rotatable bonds is 5. The fourth-order valence-electron chi connectivity index (χ4n) is 2.83. The monoisotopic (exact) mass is 299 g/mol. The van der Waals surface area contributed by atoms with Crippen LogP contribution in [0.25, 0.3) is 11.4 Å². The molecule has 1 saturated heterocycles. The van der Waals surface area contributed by atoms with Crippen molar-refractivity contribution in [2.24, 2.45) is 0 Å². The minimum Gasteiger partial charge on any atom is -0.378 e. The lowest BCUT2D eigenvalue weighted by Crippen LogP contribution is -2.18. The van der Waals surface area contributed by atoms with E-state index in [0.29, 0.717) is 18.1 Å².